The van der Waals surface area contributed by atoms with Gasteiger partial charge in [0.1, 0.15) is 6.33 Å². The number of fused-ring (bicyclic) bond motifs is 1. The van der Waals surface area contributed by atoms with Crippen LogP contribution in [0.1, 0.15) is 54.0 Å². The summed E-state index contributed by atoms with van der Waals surface area (Å²) in [4.78, 5) is 21.1. The molecule has 0 aliphatic rings. The predicted octanol–water partition coefficient (Wildman–Crippen LogP) is 3.96. The number of aromatic nitrogens is 5. The number of carbonyl (C=O) groups is 1. The number of hydrogen-bond donors (Lipinski definition) is 1. The van der Waals surface area contributed by atoms with Gasteiger partial charge in [0.15, 0.2) is 0 Å². The van der Waals surface area contributed by atoms with Gasteiger partial charge >= 0.3 is 0 Å². The van der Waals surface area contributed by atoms with Gasteiger partial charge < -0.3 is 9.84 Å². The second-order valence-corrected chi connectivity index (χ2v) is 8.41. The molecule has 1 N–H and O–H groups in total. The lowest BCUT2D eigenvalue weighted by molar-refractivity contribution is 0.0937. The minimum atomic E-state index is -0.370. The molecule has 0 unspecified atom stereocenters. The van der Waals surface area contributed by atoms with Gasteiger partial charge in [0.2, 0.25) is 5.89 Å². The Hall–Kier alpha value is -3.81. The molecule has 0 aliphatic carbocycles. The predicted molar refractivity (Wildman–Crippen MR) is 117 cm³/mol. The first-order valence-electron chi connectivity index (χ1n) is 9.94. The second kappa shape index (κ2) is 7.79. The molecule has 0 saturated heterocycles. The van der Waals surface area contributed by atoms with E-state index in [4.69, 9.17) is 4.52 Å². The van der Waals surface area contributed by atoms with Gasteiger partial charge in [-0.3, -0.25) is 4.79 Å². The lowest BCUT2D eigenvalue weighted by Crippen LogP contribution is -2.24. The molecule has 8 nitrogen and oxygen atoms in total. The van der Waals surface area contributed by atoms with Crippen molar-refractivity contribution < 1.29 is 9.32 Å². The Morgan fingerprint density at radius 3 is 2.77 bits per heavy atom. The maximum atomic E-state index is 12.4. The van der Waals surface area contributed by atoms with E-state index in [0.717, 1.165) is 33.5 Å². The standard InChI is InChI=1S/C23H24N6O2/c1-6-15-10-18-19(25-13-26-29(18)12-15)16-7-8-17(14(2)9-16)11-24-21(30)20-27-22(31-28-20)23(3,4)5/h6-10,12-13H,1,11H2,2-5H3,(H,24,30). The average Bonchev–Trinajstić information content (AvgIpc) is 3.39. The summed E-state index contributed by atoms with van der Waals surface area (Å²) in [5.74, 6) is 0.0959. The molecule has 0 aliphatic heterocycles. The maximum absolute atomic E-state index is 12.4. The Bertz CT molecular complexity index is 1280. The number of nitrogens with zero attached hydrogens (tertiary/aromatic N) is 5. The third kappa shape index (κ3) is 4.09. The van der Waals surface area contributed by atoms with Crippen molar-refractivity contribution >= 4 is 17.5 Å². The first-order chi connectivity index (χ1) is 14.8. The highest BCUT2D eigenvalue weighted by atomic mass is 16.5. The highest BCUT2D eigenvalue weighted by molar-refractivity contribution is 5.90. The number of amides is 1. The van der Waals surface area contributed by atoms with Crippen LogP contribution in [0.25, 0.3) is 22.9 Å². The van der Waals surface area contributed by atoms with E-state index in [0.29, 0.717) is 12.4 Å². The fourth-order valence-electron chi connectivity index (χ4n) is 3.20. The summed E-state index contributed by atoms with van der Waals surface area (Å²) < 4.78 is 6.98. The first kappa shape index (κ1) is 20.5. The maximum Gasteiger partial charge on any atom is 0.292 e. The van der Waals surface area contributed by atoms with Gasteiger partial charge in [-0.2, -0.15) is 10.1 Å². The van der Waals surface area contributed by atoms with Gasteiger partial charge in [-0.15, -0.1) is 0 Å². The van der Waals surface area contributed by atoms with E-state index in [1.54, 1.807) is 10.6 Å². The molecule has 8 heteroatoms. The van der Waals surface area contributed by atoms with Gasteiger partial charge in [-0.25, -0.2) is 9.50 Å². The number of benzene rings is 1. The molecular formula is C23H24N6O2. The molecule has 158 valence electrons. The van der Waals surface area contributed by atoms with Gasteiger partial charge in [0, 0.05) is 23.7 Å². The minimum absolute atomic E-state index is 0.0360. The molecule has 1 amide bonds. The fourth-order valence-corrected chi connectivity index (χ4v) is 3.20. The van der Waals surface area contributed by atoms with Crippen LogP contribution >= 0.6 is 0 Å². The molecule has 3 heterocycles. The zero-order valence-corrected chi connectivity index (χ0v) is 18.0. The van der Waals surface area contributed by atoms with Crippen LogP contribution < -0.4 is 5.32 Å². The summed E-state index contributed by atoms with van der Waals surface area (Å²) in [5, 5.41) is 10.9. The summed E-state index contributed by atoms with van der Waals surface area (Å²) >= 11 is 0. The van der Waals surface area contributed by atoms with Crippen molar-refractivity contribution in [1.82, 2.24) is 30.1 Å². The van der Waals surface area contributed by atoms with E-state index in [1.807, 2.05) is 52.1 Å². The van der Waals surface area contributed by atoms with Crippen LogP contribution in [-0.4, -0.2) is 30.6 Å². The highest BCUT2D eigenvalue weighted by Crippen LogP contribution is 2.26. The summed E-state index contributed by atoms with van der Waals surface area (Å²) in [6.07, 6.45) is 5.23. The zero-order chi connectivity index (χ0) is 22.2. The number of nitrogens with one attached hydrogen (secondary N) is 1. The number of aryl methyl sites for hydroxylation is 1. The van der Waals surface area contributed by atoms with Crippen LogP contribution in [0.15, 0.2) is 47.9 Å². The molecule has 4 rings (SSSR count). The van der Waals surface area contributed by atoms with E-state index < -0.39 is 0 Å². The molecule has 0 radical (unpaired) electrons. The van der Waals surface area contributed by atoms with Gasteiger partial charge in [-0.05, 0) is 35.7 Å². The average molecular weight is 416 g/mol. The largest absolute Gasteiger partial charge is 0.345 e. The summed E-state index contributed by atoms with van der Waals surface area (Å²) in [6, 6.07) is 8.03. The summed E-state index contributed by atoms with van der Waals surface area (Å²) in [6.45, 7) is 12.0. The van der Waals surface area contributed by atoms with Crippen molar-refractivity contribution in [3.63, 3.8) is 0 Å². The minimum Gasteiger partial charge on any atom is -0.345 e. The Morgan fingerprint density at radius 2 is 2.10 bits per heavy atom. The monoisotopic (exact) mass is 416 g/mol. The quantitative estimate of drug-likeness (QED) is 0.529. The molecule has 1 aromatic carbocycles. The molecule has 0 spiro atoms. The number of carbonyl (C=O) groups excluding carboxylic acids is 1. The molecule has 4 aromatic rings. The van der Waals surface area contributed by atoms with Crippen molar-refractivity contribution in [3.05, 3.63) is 71.8 Å². The van der Waals surface area contributed by atoms with Gasteiger partial charge in [-0.1, -0.05) is 50.7 Å². The molecular weight excluding hydrogens is 392 g/mol. The van der Waals surface area contributed by atoms with Gasteiger partial charge in [0.25, 0.3) is 11.7 Å². The lowest BCUT2D eigenvalue weighted by Gasteiger charge is -2.10. The van der Waals surface area contributed by atoms with E-state index in [2.05, 4.69) is 38.2 Å². The Balaban J connectivity index is 1.52. The Morgan fingerprint density at radius 1 is 1.29 bits per heavy atom. The molecule has 3 aromatic heterocycles. The molecule has 31 heavy (non-hydrogen) atoms. The number of rotatable bonds is 5. The Kier molecular flexibility index (Phi) is 5.14. The van der Waals surface area contributed by atoms with Crippen molar-refractivity contribution in [2.45, 2.75) is 39.7 Å². The molecule has 0 saturated carbocycles. The van der Waals surface area contributed by atoms with Crippen molar-refractivity contribution in [2.75, 3.05) is 0 Å². The topological polar surface area (TPSA) is 98.2 Å². The lowest BCUT2D eigenvalue weighted by atomic mass is 9.97. The van der Waals surface area contributed by atoms with Crippen molar-refractivity contribution in [1.29, 1.82) is 0 Å². The first-order valence-corrected chi connectivity index (χ1v) is 9.94. The highest BCUT2D eigenvalue weighted by Gasteiger charge is 2.24. The van der Waals surface area contributed by atoms with E-state index >= 15 is 0 Å². The second-order valence-electron chi connectivity index (χ2n) is 8.41. The van der Waals surface area contributed by atoms with Crippen LogP contribution in [0.4, 0.5) is 0 Å². The summed E-state index contributed by atoms with van der Waals surface area (Å²) in [5.41, 5.74) is 5.41. The van der Waals surface area contributed by atoms with Crippen LogP contribution in [0.2, 0.25) is 0 Å². The van der Waals surface area contributed by atoms with E-state index in [9.17, 15) is 4.79 Å². The van der Waals surface area contributed by atoms with Crippen LogP contribution in [-0.2, 0) is 12.0 Å². The smallest absolute Gasteiger partial charge is 0.292 e. The summed E-state index contributed by atoms with van der Waals surface area (Å²) in [7, 11) is 0. The van der Waals surface area contributed by atoms with Crippen LogP contribution in [0, 0.1) is 6.92 Å². The third-order valence-corrected chi connectivity index (χ3v) is 4.99. The van der Waals surface area contributed by atoms with Crippen LogP contribution in [0.3, 0.4) is 0 Å². The molecule has 0 bridgehead atoms. The molecule has 0 fully saturated rings. The SMILES string of the molecule is C=Cc1cc2c(-c3ccc(CNC(=O)c4noc(C(C)(C)C)n4)c(C)c3)ncnn2c1. The van der Waals surface area contributed by atoms with Crippen molar-refractivity contribution in [2.24, 2.45) is 0 Å². The number of hydrogen-bond acceptors (Lipinski definition) is 6. The van der Waals surface area contributed by atoms with Crippen molar-refractivity contribution in [3.8, 4) is 11.3 Å². The van der Waals surface area contributed by atoms with E-state index in [-0.39, 0.29) is 17.1 Å². The normalized spacial score (nSPS) is 11.6. The Labute approximate surface area is 180 Å². The molecule has 0 atom stereocenters. The fraction of sp³-hybridized carbons (Fsp3) is 0.261. The van der Waals surface area contributed by atoms with Crippen LogP contribution in [0.5, 0.6) is 0 Å². The third-order valence-electron chi connectivity index (χ3n) is 4.99. The van der Waals surface area contributed by atoms with E-state index in [1.165, 1.54) is 6.33 Å². The zero-order valence-electron chi connectivity index (χ0n) is 18.0. The van der Waals surface area contributed by atoms with Gasteiger partial charge in [0.05, 0.1) is 11.2 Å².